The molecule has 5 rings (SSSR count). The Kier molecular flexibility index (Phi) is 6.17. The first kappa shape index (κ1) is 22.6. The smallest absolute Gasteiger partial charge is 0.407 e. The Morgan fingerprint density at radius 2 is 1.74 bits per heavy atom. The van der Waals surface area contributed by atoms with Gasteiger partial charge in [-0.2, -0.15) is 0 Å². The third-order valence-electron chi connectivity index (χ3n) is 6.51. The third-order valence-corrected chi connectivity index (χ3v) is 6.51. The molecule has 35 heavy (non-hydrogen) atoms. The van der Waals surface area contributed by atoms with Crippen molar-refractivity contribution in [3.8, 4) is 11.1 Å². The minimum absolute atomic E-state index is 0.0164. The van der Waals surface area contributed by atoms with Crippen LogP contribution < -0.4 is 5.32 Å². The van der Waals surface area contributed by atoms with Gasteiger partial charge < -0.3 is 20.1 Å². The number of hydrogen-bond acceptors (Lipinski definition) is 6. The van der Waals surface area contributed by atoms with Gasteiger partial charge in [-0.3, -0.25) is 4.79 Å². The summed E-state index contributed by atoms with van der Waals surface area (Å²) in [5, 5.41) is 19.8. The number of nitrogens with one attached hydrogen (secondary N) is 1. The molecule has 2 heterocycles. The monoisotopic (exact) mass is 475 g/mol. The van der Waals surface area contributed by atoms with Crippen LogP contribution in [0.25, 0.3) is 11.1 Å². The Bertz CT molecular complexity index is 1230. The van der Waals surface area contributed by atoms with Gasteiger partial charge in [0.15, 0.2) is 5.69 Å². The standard InChI is InChI=1S/C25H25N5O5/c31-23(30-12-5-10-22(30)24(32)33)21-14-29(28-27-21)13-11-26-25(34)35-15-20-18-8-3-1-6-16(18)17-7-2-4-9-19(17)20/h1-4,6-9,14,20,22H,5,10-13,15H2,(H,26,34)(H,32,33)/t22-/m1/s1. The van der Waals surface area contributed by atoms with Crippen LogP contribution >= 0.6 is 0 Å². The molecule has 2 N–H and O–H groups in total. The van der Waals surface area contributed by atoms with Crippen LogP contribution in [0.15, 0.2) is 54.7 Å². The van der Waals surface area contributed by atoms with Gasteiger partial charge in [0.2, 0.25) is 0 Å². The lowest BCUT2D eigenvalue weighted by atomic mass is 9.98. The number of amides is 2. The molecule has 1 aliphatic heterocycles. The number of carboxylic acid groups (broad SMARTS) is 1. The summed E-state index contributed by atoms with van der Waals surface area (Å²) < 4.78 is 6.94. The predicted octanol–water partition coefficient (Wildman–Crippen LogP) is 2.51. The number of alkyl carbamates (subject to hydrolysis) is 1. The van der Waals surface area contributed by atoms with Crippen LogP contribution in [0.2, 0.25) is 0 Å². The largest absolute Gasteiger partial charge is 0.480 e. The lowest BCUT2D eigenvalue weighted by Gasteiger charge is -2.19. The Balaban J connectivity index is 1.12. The highest BCUT2D eigenvalue weighted by molar-refractivity contribution is 5.95. The molecular formula is C25H25N5O5. The highest BCUT2D eigenvalue weighted by atomic mass is 16.5. The number of hydrogen-bond donors (Lipinski definition) is 2. The number of nitrogens with zero attached hydrogens (tertiary/aromatic N) is 4. The Morgan fingerprint density at radius 3 is 2.43 bits per heavy atom. The molecule has 10 nitrogen and oxygen atoms in total. The zero-order chi connectivity index (χ0) is 24.4. The number of likely N-dealkylation sites (tertiary alicyclic amines) is 1. The molecule has 0 unspecified atom stereocenters. The number of carboxylic acids is 1. The second kappa shape index (κ2) is 9.57. The second-order valence-corrected chi connectivity index (χ2v) is 8.61. The zero-order valence-corrected chi connectivity index (χ0v) is 19.0. The number of carbonyl (C=O) groups is 3. The van der Waals surface area contributed by atoms with Gasteiger partial charge in [0, 0.05) is 19.0 Å². The van der Waals surface area contributed by atoms with Crippen LogP contribution in [0.3, 0.4) is 0 Å². The SMILES string of the molecule is O=C(NCCn1cc(C(=O)N2CCC[C@@H]2C(=O)O)nn1)OCC1c2ccccc2-c2ccccc21. The first-order chi connectivity index (χ1) is 17.0. The van der Waals surface area contributed by atoms with Crippen molar-refractivity contribution in [1.82, 2.24) is 25.2 Å². The molecule has 10 heteroatoms. The number of fused-ring (bicyclic) bond motifs is 3. The van der Waals surface area contributed by atoms with Crippen molar-refractivity contribution in [2.45, 2.75) is 31.3 Å². The van der Waals surface area contributed by atoms with Crippen molar-refractivity contribution in [3.63, 3.8) is 0 Å². The number of rotatable bonds is 7. The number of aliphatic carboxylic acids is 1. The molecule has 0 bridgehead atoms. The van der Waals surface area contributed by atoms with Gasteiger partial charge in [-0.15, -0.1) is 5.10 Å². The maximum atomic E-state index is 12.6. The van der Waals surface area contributed by atoms with Crippen molar-refractivity contribution in [2.24, 2.45) is 0 Å². The Hall–Kier alpha value is -4.21. The van der Waals surface area contributed by atoms with Crippen molar-refractivity contribution in [1.29, 1.82) is 0 Å². The molecule has 1 aliphatic carbocycles. The fourth-order valence-electron chi connectivity index (χ4n) is 4.84. The van der Waals surface area contributed by atoms with Crippen LogP contribution in [0.1, 0.15) is 40.4 Å². The van der Waals surface area contributed by atoms with Gasteiger partial charge >= 0.3 is 12.1 Å². The fraction of sp³-hybridized carbons (Fsp3) is 0.320. The topological polar surface area (TPSA) is 127 Å². The minimum atomic E-state index is -1.02. The molecule has 0 radical (unpaired) electrons. The molecule has 1 saturated heterocycles. The van der Waals surface area contributed by atoms with E-state index in [0.717, 1.165) is 22.3 Å². The highest BCUT2D eigenvalue weighted by Crippen LogP contribution is 2.44. The number of ether oxygens (including phenoxy) is 1. The van der Waals surface area contributed by atoms with E-state index in [1.807, 2.05) is 24.3 Å². The van der Waals surface area contributed by atoms with Gasteiger partial charge in [-0.05, 0) is 35.1 Å². The number of carbonyl (C=O) groups excluding carboxylic acids is 2. The summed E-state index contributed by atoms with van der Waals surface area (Å²) in [5.41, 5.74) is 4.70. The maximum Gasteiger partial charge on any atom is 0.407 e. The minimum Gasteiger partial charge on any atom is -0.480 e. The molecule has 1 aromatic heterocycles. The van der Waals surface area contributed by atoms with Gasteiger partial charge in [0.1, 0.15) is 12.6 Å². The normalized spacial score (nSPS) is 16.6. The van der Waals surface area contributed by atoms with Crippen LogP contribution in [0.4, 0.5) is 4.79 Å². The van der Waals surface area contributed by atoms with E-state index in [4.69, 9.17) is 4.74 Å². The summed E-state index contributed by atoms with van der Waals surface area (Å²) >= 11 is 0. The van der Waals surface area contributed by atoms with Crippen molar-refractivity contribution < 1.29 is 24.2 Å². The highest BCUT2D eigenvalue weighted by Gasteiger charge is 2.35. The summed E-state index contributed by atoms with van der Waals surface area (Å²) in [7, 11) is 0. The van der Waals surface area contributed by atoms with Gasteiger partial charge in [0.25, 0.3) is 5.91 Å². The van der Waals surface area contributed by atoms with Crippen molar-refractivity contribution in [2.75, 3.05) is 19.7 Å². The average Bonchev–Trinajstić information content (AvgIpc) is 3.60. The molecule has 3 aromatic rings. The Labute approximate surface area is 201 Å². The van der Waals surface area contributed by atoms with Crippen molar-refractivity contribution >= 4 is 18.0 Å². The van der Waals surface area contributed by atoms with E-state index >= 15 is 0 Å². The summed E-state index contributed by atoms with van der Waals surface area (Å²) in [5.74, 6) is -1.49. The van der Waals surface area contributed by atoms with E-state index in [1.54, 1.807) is 0 Å². The van der Waals surface area contributed by atoms with Crippen LogP contribution in [-0.4, -0.2) is 68.7 Å². The summed E-state index contributed by atoms with van der Waals surface area (Å²) in [6, 6.07) is 15.4. The van der Waals surface area contributed by atoms with E-state index in [9.17, 15) is 19.5 Å². The number of aromatic nitrogens is 3. The lowest BCUT2D eigenvalue weighted by molar-refractivity contribution is -0.141. The first-order valence-electron chi connectivity index (χ1n) is 11.6. The predicted molar refractivity (Wildman–Crippen MR) is 125 cm³/mol. The summed E-state index contributed by atoms with van der Waals surface area (Å²) in [6.07, 6.45) is 1.99. The van der Waals surface area contributed by atoms with Crippen LogP contribution in [-0.2, 0) is 16.1 Å². The fourth-order valence-corrected chi connectivity index (χ4v) is 4.84. The van der Waals surface area contributed by atoms with E-state index in [2.05, 4.69) is 39.9 Å². The average molecular weight is 476 g/mol. The van der Waals surface area contributed by atoms with Gasteiger partial charge in [0.05, 0.1) is 12.7 Å². The first-order valence-corrected chi connectivity index (χ1v) is 11.6. The molecule has 0 spiro atoms. The summed E-state index contributed by atoms with van der Waals surface area (Å²) in [4.78, 5) is 37.5. The second-order valence-electron chi connectivity index (χ2n) is 8.61. The molecule has 1 atom stereocenters. The van der Waals surface area contributed by atoms with E-state index < -0.39 is 24.0 Å². The Morgan fingerprint density at radius 1 is 1.06 bits per heavy atom. The van der Waals surface area contributed by atoms with E-state index in [1.165, 1.54) is 15.8 Å². The number of benzene rings is 2. The van der Waals surface area contributed by atoms with Crippen LogP contribution in [0.5, 0.6) is 0 Å². The van der Waals surface area contributed by atoms with E-state index in [0.29, 0.717) is 19.4 Å². The van der Waals surface area contributed by atoms with Crippen LogP contribution in [0, 0.1) is 0 Å². The quantitative estimate of drug-likeness (QED) is 0.538. The summed E-state index contributed by atoms with van der Waals surface area (Å²) in [6.45, 7) is 1.12. The van der Waals surface area contributed by atoms with Gasteiger partial charge in [-0.1, -0.05) is 53.7 Å². The van der Waals surface area contributed by atoms with E-state index in [-0.39, 0.29) is 31.3 Å². The molecule has 2 aliphatic rings. The molecule has 180 valence electrons. The lowest BCUT2D eigenvalue weighted by Crippen LogP contribution is -2.40. The van der Waals surface area contributed by atoms with Gasteiger partial charge in [-0.25, -0.2) is 14.3 Å². The molecule has 2 aromatic carbocycles. The molecule has 0 saturated carbocycles. The molecule has 2 amide bonds. The molecule has 1 fully saturated rings. The third kappa shape index (κ3) is 4.46. The zero-order valence-electron chi connectivity index (χ0n) is 19.0. The van der Waals surface area contributed by atoms with Crippen molar-refractivity contribution in [3.05, 3.63) is 71.5 Å². The molecular weight excluding hydrogens is 450 g/mol. The maximum absolute atomic E-state index is 12.6.